The average molecular weight is 344 g/mol. The maximum Gasteiger partial charge on any atom is 0.325 e. The van der Waals surface area contributed by atoms with Gasteiger partial charge in [-0.15, -0.1) is 0 Å². The first-order chi connectivity index (χ1) is 12.0. The summed E-state index contributed by atoms with van der Waals surface area (Å²) in [6.07, 6.45) is 3.34. The van der Waals surface area contributed by atoms with Crippen LogP contribution in [0.3, 0.4) is 0 Å². The highest BCUT2D eigenvalue weighted by Crippen LogP contribution is 2.34. The van der Waals surface area contributed by atoms with Gasteiger partial charge >= 0.3 is 6.03 Å². The third-order valence-electron chi connectivity index (χ3n) is 5.01. The van der Waals surface area contributed by atoms with Crippen molar-refractivity contribution in [2.75, 3.05) is 13.1 Å². The van der Waals surface area contributed by atoms with E-state index in [1.165, 1.54) is 4.90 Å². The van der Waals surface area contributed by atoms with E-state index < -0.39 is 5.54 Å². The van der Waals surface area contributed by atoms with Crippen molar-refractivity contribution < 1.29 is 14.4 Å². The number of carbonyl (C=O) groups is 3. The van der Waals surface area contributed by atoms with Gasteiger partial charge in [-0.3, -0.25) is 14.5 Å². The molecule has 1 atom stereocenters. The van der Waals surface area contributed by atoms with Gasteiger partial charge in [0.1, 0.15) is 5.54 Å². The van der Waals surface area contributed by atoms with Gasteiger partial charge in [-0.25, -0.2) is 4.79 Å². The number of hydrogen-bond acceptors (Lipinski definition) is 4. The molecule has 1 unspecified atom stereocenters. The van der Waals surface area contributed by atoms with Gasteiger partial charge in [0, 0.05) is 25.6 Å². The number of urea groups is 1. The molecule has 7 nitrogen and oxygen atoms in total. The Morgan fingerprint density at radius 1 is 1.24 bits per heavy atom. The van der Waals surface area contributed by atoms with Gasteiger partial charge in [0.25, 0.3) is 5.91 Å². The Bertz CT molecular complexity index is 656. The molecule has 1 aliphatic heterocycles. The Morgan fingerprint density at radius 3 is 2.60 bits per heavy atom. The number of nitrogens with one attached hydrogen (secondary N) is 2. The van der Waals surface area contributed by atoms with Gasteiger partial charge in [0.15, 0.2) is 0 Å². The molecular formula is C18H24N4O3. The number of carbonyl (C=O) groups excluding carboxylic acids is 3. The predicted octanol–water partition coefficient (Wildman–Crippen LogP) is 1.06. The zero-order valence-corrected chi connectivity index (χ0v) is 14.2. The second-order valence-corrected chi connectivity index (χ2v) is 6.75. The van der Waals surface area contributed by atoms with Crippen molar-refractivity contribution in [1.82, 2.24) is 15.5 Å². The summed E-state index contributed by atoms with van der Waals surface area (Å²) in [7, 11) is 0. The average Bonchev–Trinajstić information content (AvgIpc) is 3.18. The number of hydrogen-bond donors (Lipinski definition) is 3. The van der Waals surface area contributed by atoms with Crippen LogP contribution in [0.15, 0.2) is 30.3 Å². The molecule has 0 bridgehead atoms. The van der Waals surface area contributed by atoms with Gasteiger partial charge in [0.2, 0.25) is 5.91 Å². The van der Waals surface area contributed by atoms with E-state index in [2.05, 4.69) is 10.6 Å². The molecule has 7 heteroatoms. The molecule has 1 aromatic rings. The lowest BCUT2D eigenvalue weighted by molar-refractivity contribution is -0.131. The summed E-state index contributed by atoms with van der Waals surface area (Å²) in [4.78, 5) is 37.7. The number of benzene rings is 1. The summed E-state index contributed by atoms with van der Waals surface area (Å²) in [5.41, 5.74) is 6.27. The topological polar surface area (TPSA) is 105 Å². The first kappa shape index (κ1) is 17.4. The van der Waals surface area contributed by atoms with Crippen LogP contribution in [0.4, 0.5) is 4.79 Å². The summed E-state index contributed by atoms with van der Waals surface area (Å²) >= 11 is 0. The van der Waals surface area contributed by atoms with Crippen molar-refractivity contribution in [2.24, 2.45) is 5.73 Å². The number of rotatable bonds is 6. The van der Waals surface area contributed by atoms with Crippen LogP contribution in [-0.2, 0) is 9.59 Å². The molecule has 1 spiro atoms. The molecule has 0 aromatic heterocycles. The van der Waals surface area contributed by atoms with E-state index in [1.54, 1.807) is 0 Å². The molecular weight excluding hydrogens is 320 g/mol. The maximum absolute atomic E-state index is 12.5. The number of imide groups is 1. The Morgan fingerprint density at radius 2 is 1.92 bits per heavy atom. The Balaban J connectivity index is 1.46. The van der Waals surface area contributed by atoms with Crippen LogP contribution in [0.25, 0.3) is 0 Å². The molecule has 2 fully saturated rings. The highest BCUT2D eigenvalue weighted by atomic mass is 16.2. The molecule has 4 N–H and O–H groups in total. The molecule has 1 saturated carbocycles. The van der Waals surface area contributed by atoms with E-state index in [1.807, 2.05) is 30.3 Å². The van der Waals surface area contributed by atoms with E-state index in [4.69, 9.17) is 5.73 Å². The summed E-state index contributed by atoms with van der Waals surface area (Å²) < 4.78 is 0. The highest BCUT2D eigenvalue weighted by molar-refractivity contribution is 6.07. The smallest absolute Gasteiger partial charge is 0.325 e. The Labute approximate surface area is 146 Å². The quantitative estimate of drug-likeness (QED) is 0.671. The zero-order chi connectivity index (χ0) is 17.9. The normalized spacial score (nSPS) is 20.0. The van der Waals surface area contributed by atoms with Crippen LogP contribution in [0.5, 0.6) is 0 Å². The van der Waals surface area contributed by atoms with Crippen molar-refractivity contribution in [3.8, 4) is 0 Å². The second-order valence-electron chi connectivity index (χ2n) is 6.75. The fourth-order valence-corrected chi connectivity index (χ4v) is 3.54. The summed E-state index contributed by atoms with van der Waals surface area (Å²) in [5.74, 6) is -0.414. The standard InChI is InChI=1S/C18H24N4O3/c19-14(13-6-2-1-3-7-13)12-20-15(23)8-11-22-16(24)18(21-17(22)25)9-4-5-10-18/h1-3,6-7,14H,4-5,8-12,19H2,(H,20,23)(H,21,25). The largest absolute Gasteiger partial charge is 0.354 e. The van der Waals surface area contributed by atoms with Crippen LogP contribution < -0.4 is 16.4 Å². The first-order valence-corrected chi connectivity index (χ1v) is 8.73. The molecule has 134 valence electrons. The number of amides is 4. The van der Waals surface area contributed by atoms with Crippen LogP contribution in [-0.4, -0.2) is 41.4 Å². The minimum Gasteiger partial charge on any atom is -0.354 e. The van der Waals surface area contributed by atoms with E-state index in [0.717, 1.165) is 18.4 Å². The minimum atomic E-state index is -0.719. The van der Waals surface area contributed by atoms with Gasteiger partial charge < -0.3 is 16.4 Å². The van der Waals surface area contributed by atoms with Gasteiger partial charge in [-0.05, 0) is 18.4 Å². The maximum atomic E-state index is 12.5. The summed E-state index contributed by atoms with van der Waals surface area (Å²) in [5, 5.41) is 5.57. The van der Waals surface area contributed by atoms with Gasteiger partial charge in [-0.1, -0.05) is 43.2 Å². The Kier molecular flexibility index (Phi) is 5.03. The molecule has 0 radical (unpaired) electrons. The van der Waals surface area contributed by atoms with E-state index >= 15 is 0 Å². The lowest BCUT2D eigenvalue weighted by Crippen LogP contribution is -2.44. The molecule has 1 aromatic carbocycles. The van der Waals surface area contributed by atoms with Crippen molar-refractivity contribution >= 4 is 17.8 Å². The molecule has 1 saturated heterocycles. The highest BCUT2D eigenvalue weighted by Gasteiger charge is 2.52. The summed E-state index contributed by atoms with van der Waals surface area (Å²) in [6, 6.07) is 8.84. The monoisotopic (exact) mass is 344 g/mol. The molecule has 25 heavy (non-hydrogen) atoms. The first-order valence-electron chi connectivity index (χ1n) is 8.73. The Hall–Kier alpha value is -2.41. The molecule has 2 aliphatic rings. The molecule has 1 heterocycles. The lowest BCUT2D eigenvalue weighted by atomic mass is 9.98. The van der Waals surface area contributed by atoms with Crippen molar-refractivity contribution in [3.63, 3.8) is 0 Å². The fraction of sp³-hybridized carbons (Fsp3) is 0.500. The zero-order valence-electron chi connectivity index (χ0n) is 14.2. The third kappa shape index (κ3) is 3.66. The van der Waals surface area contributed by atoms with E-state index in [0.29, 0.717) is 19.4 Å². The second kappa shape index (κ2) is 7.23. The fourth-order valence-electron chi connectivity index (χ4n) is 3.54. The van der Waals surface area contributed by atoms with Crippen LogP contribution in [0, 0.1) is 0 Å². The van der Waals surface area contributed by atoms with Crippen LogP contribution in [0.2, 0.25) is 0 Å². The third-order valence-corrected chi connectivity index (χ3v) is 5.01. The van der Waals surface area contributed by atoms with Gasteiger partial charge in [0.05, 0.1) is 0 Å². The van der Waals surface area contributed by atoms with Crippen LogP contribution in [0.1, 0.15) is 43.7 Å². The van der Waals surface area contributed by atoms with Crippen molar-refractivity contribution in [1.29, 1.82) is 0 Å². The lowest BCUT2D eigenvalue weighted by Gasteiger charge is -2.20. The minimum absolute atomic E-state index is 0.0801. The van der Waals surface area contributed by atoms with E-state index in [9.17, 15) is 14.4 Å². The van der Waals surface area contributed by atoms with Gasteiger partial charge in [-0.2, -0.15) is 0 Å². The number of nitrogens with two attached hydrogens (primary N) is 1. The van der Waals surface area contributed by atoms with Crippen molar-refractivity contribution in [3.05, 3.63) is 35.9 Å². The molecule has 1 aliphatic carbocycles. The van der Waals surface area contributed by atoms with Crippen molar-refractivity contribution in [2.45, 2.75) is 43.7 Å². The molecule has 3 rings (SSSR count). The number of nitrogens with zero attached hydrogens (tertiary/aromatic N) is 1. The summed E-state index contributed by atoms with van der Waals surface area (Å²) in [6.45, 7) is 0.408. The molecule has 4 amide bonds. The van der Waals surface area contributed by atoms with E-state index in [-0.39, 0.29) is 36.9 Å². The van der Waals surface area contributed by atoms with Crippen LogP contribution >= 0.6 is 0 Å². The predicted molar refractivity (Wildman–Crippen MR) is 92.4 cm³/mol. The SMILES string of the molecule is NC(CNC(=O)CCN1C(=O)NC2(CCCC2)C1=O)c1ccccc1.